The smallest absolute Gasteiger partial charge is 0.407 e. The summed E-state index contributed by atoms with van der Waals surface area (Å²) < 4.78 is 10.1. The molecule has 1 aliphatic rings. The first-order valence-corrected chi connectivity index (χ1v) is 10.3. The van der Waals surface area contributed by atoms with E-state index in [4.69, 9.17) is 4.74 Å². The van der Waals surface area contributed by atoms with Crippen LogP contribution >= 0.6 is 0 Å². The van der Waals surface area contributed by atoms with Gasteiger partial charge in [-0.15, -0.1) is 0 Å². The predicted octanol–water partition coefficient (Wildman–Crippen LogP) is 4.21. The molecule has 0 unspecified atom stereocenters. The summed E-state index contributed by atoms with van der Waals surface area (Å²) in [5.74, 6) is -0.518. The van der Waals surface area contributed by atoms with Gasteiger partial charge in [-0.05, 0) is 28.7 Å². The van der Waals surface area contributed by atoms with Gasteiger partial charge >= 0.3 is 12.1 Å². The number of benzene rings is 2. The number of nitrogens with one attached hydrogen (secondary N) is 1. The van der Waals surface area contributed by atoms with Gasteiger partial charge in [0.2, 0.25) is 5.82 Å². The monoisotopic (exact) mass is 429 g/mol. The molecule has 7 heteroatoms. The van der Waals surface area contributed by atoms with Gasteiger partial charge in [0.1, 0.15) is 6.61 Å². The summed E-state index contributed by atoms with van der Waals surface area (Å²) in [6.45, 7) is 0.730. The van der Waals surface area contributed by atoms with Crippen molar-refractivity contribution >= 4 is 18.1 Å². The number of hydrogen-bond acceptors (Lipinski definition) is 6. The molecular formula is C25H23N3O4. The molecule has 3 aromatic rings. The summed E-state index contributed by atoms with van der Waals surface area (Å²) in [6, 6.07) is 16.5. The van der Waals surface area contributed by atoms with E-state index < -0.39 is 12.1 Å². The Morgan fingerprint density at radius 3 is 2.25 bits per heavy atom. The van der Waals surface area contributed by atoms with Crippen molar-refractivity contribution in [2.24, 2.45) is 0 Å². The first-order valence-electron chi connectivity index (χ1n) is 10.3. The van der Waals surface area contributed by atoms with Gasteiger partial charge in [-0.2, -0.15) is 0 Å². The summed E-state index contributed by atoms with van der Waals surface area (Å²) in [6.07, 6.45) is 6.96. The van der Waals surface area contributed by atoms with Crippen LogP contribution in [0.3, 0.4) is 0 Å². The Labute approximate surface area is 186 Å². The lowest BCUT2D eigenvalue weighted by molar-refractivity contribution is 0.0586. The largest absolute Gasteiger partial charge is 0.463 e. The SMILES string of the molecule is COC(=O)c1ncc(C=CCCNC(=O)OCC2c3ccccc3-c3ccccc32)cn1. The van der Waals surface area contributed by atoms with Crippen LogP contribution in [-0.4, -0.2) is 42.3 Å². The van der Waals surface area contributed by atoms with E-state index in [-0.39, 0.29) is 11.7 Å². The van der Waals surface area contributed by atoms with Crippen molar-refractivity contribution in [2.75, 3.05) is 20.3 Å². The minimum atomic E-state index is -0.576. The number of hydrogen-bond donors (Lipinski definition) is 1. The Kier molecular flexibility index (Phi) is 6.55. The van der Waals surface area contributed by atoms with Gasteiger partial charge in [0.15, 0.2) is 0 Å². The number of carbonyl (C=O) groups excluding carboxylic acids is 2. The molecule has 4 rings (SSSR count). The molecule has 32 heavy (non-hydrogen) atoms. The average Bonchev–Trinajstić information content (AvgIpc) is 3.16. The molecule has 1 aliphatic carbocycles. The van der Waals surface area contributed by atoms with Crippen molar-refractivity contribution in [1.82, 2.24) is 15.3 Å². The van der Waals surface area contributed by atoms with Crippen LogP contribution in [0.1, 0.15) is 39.6 Å². The molecule has 0 radical (unpaired) electrons. The fraction of sp³-hybridized carbons (Fsp3) is 0.200. The van der Waals surface area contributed by atoms with E-state index in [9.17, 15) is 9.59 Å². The number of fused-ring (bicyclic) bond motifs is 3. The summed E-state index contributed by atoms with van der Waals surface area (Å²) >= 11 is 0. The number of nitrogens with zero attached hydrogens (tertiary/aromatic N) is 2. The Morgan fingerprint density at radius 2 is 1.62 bits per heavy atom. The molecule has 0 aliphatic heterocycles. The third-order valence-corrected chi connectivity index (χ3v) is 5.27. The molecule has 1 heterocycles. The van der Waals surface area contributed by atoms with E-state index in [0.717, 1.165) is 5.56 Å². The van der Waals surface area contributed by atoms with Gasteiger partial charge < -0.3 is 14.8 Å². The van der Waals surface area contributed by atoms with Crippen molar-refractivity contribution in [3.8, 4) is 11.1 Å². The molecule has 1 aromatic heterocycles. The van der Waals surface area contributed by atoms with E-state index in [2.05, 4.69) is 44.3 Å². The van der Waals surface area contributed by atoms with Crippen molar-refractivity contribution in [2.45, 2.75) is 12.3 Å². The van der Waals surface area contributed by atoms with Crippen LogP contribution in [0.15, 0.2) is 67.0 Å². The van der Waals surface area contributed by atoms with Crippen LogP contribution in [0, 0.1) is 0 Å². The van der Waals surface area contributed by atoms with E-state index in [1.54, 1.807) is 0 Å². The normalized spacial score (nSPS) is 12.3. The van der Waals surface area contributed by atoms with Crippen LogP contribution in [-0.2, 0) is 9.47 Å². The van der Waals surface area contributed by atoms with Gasteiger partial charge in [0.25, 0.3) is 0 Å². The van der Waals surface area contributed by atoms with Crippen LogP contribution in [0.2, 0.25) is 0 Å². The number of carbonyl (C=O) groups is 2. The van der Waals surface area contributed by atoms with Gasteiger partial charge in [0, 0.05) is 30.4 Å². The van der Waals surface area contributed by atoms with E-state index in [0.29, 0.717) is 19.6 Å². The number of rotatable bonds is 7. The Hall–Kier alpha value is -4.00. The number of methoxy groups -OCH3 is 1. The third kappa shape index (κ3) is 4.67. The summed E-state index contributed by atoms with van der Waals surface area (Å²) in [7, 11) is 1.28. The summed E-state index contributed by atoms with van der Waals surface area (Å²) in [5, 5.41) is 2.77. The number of ether oxygens (including phenoxy) is 2. The van der Waals surface area contributed by atoms with Crippen molar-refractivity contribution in [3.05, 3.63) is 89.5 Å². The molecule has 1 N–H and O–H groups in total. The Morgan fingerprint density at radius 1 is 1.00 bits per heavy atom. The molecule has 0 saturated carbocycles. The molecule has 0 bridgehead atoms. The molecule has 0 saturated heterocycles. The second kappa shape index (κ2) is 9.87. The molecular weight excluding hydrogens is 406 g/mol. The minimum Gasteiger partial charge on any atom is -0.463 e. The topological polar surface area (TPSA) is 90.4 Å². The quantitative estimate of drug-likeness (QED) is 0.447. The Balaban J connectivity index is 1.24. The number of amides is 1. The lowest BCUT2D eigenvalue weighted by Crippen LogP contribution is -2.26. The van der Waals surface area contributed by atoms with E-state index in [1.165, 1.54) is 41.8 Å². The van der Waals surface area contributed by atoms with Crippen LogP contribution in [0.4, 0.5) is 4.79 Å². The maximum atomic E-state index is 12.2. The zero-order valence-corrected chi connectivity index (χ0v) is 17.7. The zero-order chi connectivity index (χ0) is 22.3. The fourth-order valence-electron chi connectivity index (χ4n) is 3.75. The lowest BCUT2D eigenvalue weighted by atomic mass is 9.98. The molecule has 0 fully saturated rings. The minimum absolute atomic E-state index is 0.0153. The fourth-order valence-corrected chi connectivity index (χ4v) is 3.75. The maximum absolute atomic E-state index is 12.2. The molecule has 162 valence electrons. The predicted molar refractivity (Wildman–Crippen MR) is 120 cm³/mol. The molecule has 0 atom stereocenters. The van der Waals surface area contributed by atoms with E-state index in [1.807, 2.05) is 36.4 Å². The summed E-state index contributed by atoms with van der Waals surface area (Å²) in [5.41, 5.74) is 5.52. The molecule has 1 amide bonds. The molecule has 0 spiro atoms. The highest BCUT2D eigenvalue weighted by Gasteiger charge is 2.28. The van der Waals surface area contributed by atoms with Gasteiger partial charge in [0.05, 0.1) is 7.11 Å². The van der Waals surface area contributed by atoms with E-state index >= 15 is 0 Å². The standard InChI is InChI=1S/C25H23N3O4/c1-31-24(29)23-27-14-17(15-28-23)8-6-7-13-26-25(30)32-16-22-20-11-4-2-9-18(20)19-10-3-5-12-21(19)22/h2-6,8-12,14-15,22H,7,13,16H2,1H3,(H,26,30). The Bertz CT molecular complexity index is 1100. The van der Waals surface area contributed by atoms with Crippen molar-refractivity contribution in [1.29, 1.82) is 0 Å². The summed E-state index contributed by atoms with van der Waals surface area (Å²) in [4.78, 5) is 31.4. The van der Waals surface area contributed by atoms with Crippen molar-refractivity contribution in [3.63, 3.8) is 0 Å². The van der Waals surface area contributed by atoms with Gasteiger partial charge in [-0.25, -0.2) is 19.6 Å². The highest BCUT2D eigenvalue weighted by molar-refractivity contribution is 5.85. The second-order valence-corrected chi connectivity index (χ2v) is 7.27. The van der Waals surface area contributed by atoms with Gasteiger partial charge in [-0.1, -0.05) is 60.7 Å². The van der Waals surface area contributed by atoms with Crippen LogP contribution in [0.25, 0.3) is 17.2 Å². The number of aromatic nitrogens is 2. The van der Waals surface area contributed by atoms with Crippen LogP contribution in [0.5, 0.6) is 0 Å². The van der Waals surface area contributed by atoms with Gasteiger partial charge in [-0.3, -0.25) is 0 Å². The highest BCUT2D eigenvalue weighted by atomic mass is 16.5. The first kappa shape index (κ1) is 21.2. The molecule has 7 nitrogen and oxygen atoms in total. The highest BCUT2D eigenvalue weighted by Crippen LogP contribution is 2.44. The number of alkyl carbamates (subject to hydrolysis) is 1. The zero-order valence-electron chi connectivity index (χ0n) is 17.7. The number of esters is 1. The second-order valence-electron chi connectivity index (χ2n) is 7.27. The van der Waals surface area contributed by atoms with Crippen LogP contribution < -0.4 is 5.32 Å². The maximum Gasteiger partial charge on any atom is 0.407 e. The molecule has 2 aromatic carbocycles. The first-order chi connectivity index (χ1) is 15.7. The lowest BCUT2D eigenvalue weighted by Gasteiger charge is -2.14. The average molecular weight is 429 g/mol. The third-order valence-electron chi connectivity index (χ3n) is 5.27. The van der Waals surface area contributed by atoms with Crippen molar-refractivity contribution < 1.29 is 19.1 Å².